The summed E-state index contributed by atoms with van der Waals surface area (Å²) in [5.41, 5.74) is 3.63. The maximum Gasteiger partial charge on any atom is 0.121 e. The topological polar surface area (TPSA) is 12.5 Å². The van der Waals surface area contributed by atoms with Crippen LogP contribution >= 0.6 is 12.4 Å². The van der Waals surface area contributed by atoms with Crippen molar-refractivity contribution >= 4 is 12.4 Å². The normalized spacial score (nSPS) is 15.7. The summed E-state index contributed by atoms with van der Waals surface area (Å²) < 4.78 is 6.33. The van der Waals surface area contributed by atoms with Gasteiger partial charge in [0.25, 0.3) is 0 Å². The summed E-state index contributed by atoms with van der Waals surface area (Å²) in [5, 5.41) is 0. The molecule has 29 heavy (non-hydrogen) atoms. The number of hydrogen-bond donors (Lipinski definition) is 0. The second-order valence-electron chi connectivity index (χ2n) is 8.22. The van der Waals surface area contributed by atoms with Crippen LogP contribution in [0.5, 0.6) is 0 Å². The van der Waals surface area contributed by atoms with E-state index in [0.29, 0.717) is 5.92 Å². The van der Waals surface area contributed by atoms with Gasteiger partial charge in [-0.25, -0.2) is 0 Å². The number of methoxy groups -OCH3 is 1. The number of benzene rings is 2. The Morgan fingerprint density at radius 1 is 0.931 bits per heavy atom. The van der Waals surface area contributed by atoms with Crippen molar-refractivity contribution in [1.82, 2.24) is 4.90 Å². The largest absolute Gasteiger partial charge is 0.368 e. The third-order valence-corrected chi connectivity index (χ3v) is 6.19. The van der Waals surface area contributed by atoms with Crippen LogP contribution in [0.2, 0.25) is 0 Å². The van der Waals surface area contributed by atoms with E-state index in [-0.39, 0.29) is 12.4 Å². The molecule has 0 radical (unpaired) electrons. The van der Waals surface area contributed by atoms with Crippen LogP contribution < -0.4 is 0 Å². The van der Waals surface area contributed by atoms with E-state index >= 15 is 0 Å². The van der Waals surface area contributed by atoms with Crippen molar-refractivity contribution in [2.75, 3.05) is 27.2 Å². The third kappa shape index (κ3) is 5.72. The number of ether oxygens (including phenoxy) is 1. The molecule has 0 spiro atoms. The van der Waals surface area contributed by atoms with Gasteiger partial charge in [-0.1, -0.05) is 85.7 Å². The van der Waals surface area contributed by atoms with Gasteiger partial charge in [0.15, 0.2) is 0 Å². The van der Waals surface area contributed by atoms with Crippen LogP contribution in [0.1, 0.15) is 50.2 Å². The van der Waals surface area contributed by atoms with E-state index in [1.54, 1.807) is 5.57 Å². The smallest absolute Gasteiger partial charge is 0.121 e. The van der Waals surface area contributed by atoms with Crippen LogP contribution in [0.15, 0.2) is 72.3 Å². The van der Waals surface area contributed by atoms with Crippen molar-refractivity contribution in [1.29, 1.82) is 0 Å². The molecule has 3 heteroatoms. The van der Waals surface area contributed by atoms with Crippen LogP contribution in [-0.4, -0.2) is 32.1 Å². The fourth-order valence-electron chi connectivity index (χ4n) is 4.71. The summed E-state index contributed by atoms with van der Waals surface area (Å²) in [7, 11) is 4.08. The predicted octanol–water partition coefficient (Wildman–Crippen LogP) is 6.46. The molecule has 158 valence electrons. The lowest BCUT2D eigenvalue weighted by Gasteiger charge is -2.40. The zero-order valence-corrected chi connectivity index (χ0v) is 19.0. The molecule has 2 nitrogen and oxygen atoms in total. The number of likely N-dealkylation sites (N-methyl/N-ethyl adjacent to an activating group) is 1. The van der Waals surface area contributed by atoms with Crippen LogP contribution in [0.3, 0.4) is 0 Å². The van der Waals surface area contributed by atoms with Gasteiger partial charge >= 0.3 is 0 Å². The molecular formula is C26H36ClNO. The minimum absolute atomic E-state index is 0. The van der Waals surface area contributed by atoms with Crippen LogP contribution in [0.25, 0.3) is 0 Å². The summed E-state index contributed by atoms with van der Waals surface area (Å²) >= 11 is 0. The van der Waals surface area contributed by atoms with Crippen LogP contribution in [0, 0.1) is 5.92 Å². The zero-order chi connectivity index (χ0) is 19.8. The van der Waals surface area contributed by atoms with Crippen molar-refractivity contribution in [3.8, 4) is 0 Å². The van der Waals surface area contributed by atoms with Crippen LogP contribution in [-0.2, 0) is 10.3 Å². The number of rotatable bonds is 8. The molecule has 1 aliphatic rings. The molecule has 1 atom stereocenters. The molecule has 0 N–H and O–H groups in total. The van der Waals surface area contributed by atoms with Crippen molar-refractivity contribution in [2.24, 2.45) is 5.92 Å². The summed E-state index contributed by atoms with van der Waals surface area (Å²) in [6, 6.07) is 21.3. The van der Waals surface area contributed by atoms with E-state index in [1.807, 2.05) is 7.11 Å². The lowest BCUT2D eigenvalue weighted by Crippen LogP contribution is -2.42. The Morgan fingerprint density at radius 2 is 1.45 bits per heavy atom. The van der Waals surface area contributed by atoms with Crippen molar-refractivity contribution < 1.29 is 4.74 Å². The van der Waals surface area contributed by atoms with Gasteiger partial charge in [-0.2, -0.15) is 0 Å². The average Bonchev–Trinajstić information content (AvgIpc) is 2.75. The second kappa shape index (κ2) is 11.5. The summed E-state index contributed by atoms with van der Waals surface area (Å²) in [6.45, 7) is 4.30. The van der Waals surface area contributed by atoms with Gasteiger partial charge in [0.1, 0.15) is 5.60 Å². The first kappa shape index (κ1) is 23.7. The highest BCUT2D eigenvalue weighted by molar-refractivity contribution is 5.85. The Labute approximate surface area is 183 Å². The van der Waals surface area contributed by atoms with E-state index in [2.05, 4.69) is 85.6 Å². The Morgan fingerprint density at radius 3 is 1.93 bits per heavy atom. The standard InChI is InChI=1S/C26H35NO.ClH/c1-22(21-27(2)20-19-23-13-7-4-8-14-23)26(28-3,24-15-9-5-10-16-24)25-17-11-6-12-18-25;/h5-6,9-12,15-19,22H,4,7-8,13-14,20-21H2,1-3H3;1H. The summed E-state index contributed by atoms with van der Waals surface area (Å²) in [4.78, 5) is 2.44. The van der Waals surface area contributed by atoms with Crippen LogP contribution in [0.4, 0.5) is 0 Å². The van der Waals surface area contributed by atoms with E-state index in [0.717, 1.165) is 13.1 Å². The SMILES string of the molecule is COC(c1ccccc1)(c1ccccc1)C(C)CN(C)CC=C1CCCCC1.Cl. The highest BCUT2D eigenvalue weighted by Crippen LogP contribution is 2.40. The Balaban J connectivity index is 0.00000300. The number of nitrogens with zero attached hydrogens (tertiary/aromatic N) is 1. The van der Waals surface area contributed by atoms with Gasteiger partial charge in [0, 0.05) is 26.1 Å². The zero-order valence-electron chi connectivity index (χ0n) is 18.1. The molecule has 2 aromatic rings. The maximum absolute atomic E-state index is 6.33. The predicted molar refractivity (Wildman–Crippen MR) is 126 cm³/mol. The average molecular weight is 414 g/mol. The van der Waals surface area contributed by atoms with Crippen molar-refractivity contribution in [3.63, 3.8) is 0 Å². The van der Waals surface area contributed by atoms with Gasteiger partial charge < -0.3 is 9.64 Å². The summed E-state index contributed by atoms with van der Waals surface area (Å²) in [6.07, 6.45) is 9.17. The van der Waals surface area contributed by atoms with Gasteiger partial charge in [-0.05, 0) is 43.9 Å². The minimum atomic E-state index is -0.450. The molecule has 0 bridgehead atoms. The van der Waals surface area contributed by atoms with E-state index < -0.39 is 5.60 Å². The molecule has 0 heterocycles. The number of hydrogen-bond acceptors (Lipinski definition) is 2. The molecule has 0 aromatic heterocycles. The summed E-state index contributed by atoms with van der Waals surface area (Å²) in [5.74, 6) is 0.303. The first-order valence-electron chi connectivity index (χ1n) is 10.7. The van der Waals surface area contributed by atoms with E-state index in [1.165, 1.54) is 43.2 Å². The first-order valence-corrected chi connectivity index (χ1v) is 10.7. The molecule has 1 fully saturated rings. The fourth-order valence-corrected chi connectivity index (χ4v) is 4.71. The van der Waals surface area contributed by atoms with Crippen molar-refractivity contribution in [3.05, 3.63) is 83.4 Å². The Bertz CT molecular complexity index is 696. The molecule has 0 saturated heterocycles. The fraction of sp³-hybridized carbons (Fsp3) is 0.462. The monoisotopic (exact) mass is 413 g/mol. The first-order chi connectivity index (χ1) is 13.7. The third-order valence-electron chi connectivity index (χ3n) is 6.19. The number of allylic oxidation sites excluding steroid dienone is 1. The van der Waals surface area contributed by atoms with E-state index in [9.17, 15) is 0 Å². The van der Waals surface area contributed by atoms with Gasteiger partial charge in [-0.15, -0.1) is 12.4 Å². The molecule has 1 aliphatic carbocycles. The molecule has 0 amide bonds. The second-order valence-corrected chi connectivity index (χ2v) is 8.22. The molecule has 2 aromatic carbocycles. The van der Waals surface area contributed by atoms with Gasteiger partial charge in [0.2, 0.25) is 0 Å². The highest BCUT2D eigenvalue weighted by Gasteiger charge is 2.40. The molecule has 1 saturated carbocycles. The Hall–Kier alpha value is -1.61. The lowest BCUT2D eigenvalue weighted by atomic mass is 9.76. The molecule has 0 aliphatic heterocycles. The highest BCUT2D eigenvalue weighted by atomic mass is 35.5. The Kier molecular flexibility index (Phi) is 9.42. The minimum Gasteiger partial charge on any atom is -0.368 e. The van der Waals surface area contributed by atoms with Crippen molar-refractivity contribution in [2.45, 2.75) is 44.6 Å². The molecule has 1 unspecified atom stereocenters. The maximum atomic E-state index is 6.33. The lowest BCUT2D eigenvalue weighted by molar-refractivity contribution is -0.0315. The van der Waals surface area contributed by atoms with Gasteiger partial charge in [0.05, 0.1) is 0 Å². The number of halogens is 1. The molecule has 3 rings (SSSR count). The quantitative estimate of drug-likeness (QED) is 0.460. The van der Waals surface area contributed by atoms with Gasteiger partial charge in [-0.3, -0.25) is 0 Å². The molecular weight excluding hydrogens is 378 g/mol. The van der Waals surface area contributed by atoms with E-state index in [4.69, 9.17) is 4.74 Å².